The molecule has 0 bridgehead atoms. The molecule has 2 rings (SSSR count). The van der Waals surface area contributed by atoms with Crippen LogP contribution in [0, 0.1) is 11.7 Å². The fourth-order valence-electron chi connectivity index (χ4n) is 2.41. The van der Waals surface area contributed by atoms with Crippen molar-refractivity contribution in [2.24, 2.45) is 11.7 Å². The summed E-state index contributed by atoms with van der Waals surface area (Å²) in [7, 11) is 0. The summed E-state index contributed by atoms with van der Waals surface area (Å²) in [5, 5.41) is 0.246. The Kier molecular flexibility index (Phi) is 4.63. The molecular weight excluding hydrogens is 249 g/mol. The van der Waals surface area contributed by atoms with Crippen molar-refractivity contribution in [3.8, 4) is 0 Å². The molecule has 1 aromatic carbocycles. The molecule has 2 N–H and O–H groups in total. The number of benzene rings is 1. The Morgan fingerprint density at radius 3 is 2.78 bits per heavy atom. The lowest BCUT2D eigenvalue weighted by atomic mass is 10.0. The van der Waals surface area contributed by atoms with E-state index in [1.54, 1.807) is 6.07 Å². The summed E-state index contributed by atoms with van der Waals surface area (Å²) < 4.78 is 13.6. The van der Waals surface area contributed by atoms with Crippen molar-refractivity contribution in [2.75, 3.05) is 0 Å². The second-order valence-electron chi connectivity index (χ2n) is 5.30. The lowest BCUT2D eigenvalue weighted by Gasteiger charge is -2.11. The van der Waals surface area contributed by atoms with Gasteiger partial charge >= 0.3 is 0 Å². The van der Waals surface area contributed by atoms with Crippen molar-refractivity contribution >= 4 is 11.6 Å². The maximum absolute atomic E-state index is 13.6. The summed E-state index contributed by atoms with van der Waals surface area (Å²) in [6.07, 6.45) is 6.32. The van der Waals surface area contributed by atoms with Crippen LogP contribution in [0.3, 0.4) is 0 Å². The van der Waals surface area contributed by atoms with Gasteiger partial charge in [-0.15, -0.1) is 0 Å². The van der Waals surface area contributed by atoms with Crippen LogP contribution in [-0.4, -0.2) is 6.04 Å². The van der Waals surface area contributed by atoms with Gasteiger partial charge in [0.05, 0.1) is 5.02 Å². The second-order valence-corrected chi connectivity index (χ2v) is 5.71. The van der Waals surface area contributed by atoms with Crippen LogP contribution in [-0.2, 0) is 12.8 Å². The van der Waals surface area contributed by atoms with Gasteiger partial charge < -0.3 is 5.73 Å². The maximum Gasteiger partial charge on any atom is 0.144 e. The van der Waals surface area contributed by atoms with Gasteiger partial charge in [-0.1, -0.05) is 24.6 Å². The molecule has 3 heteroatoms. The van der Waals surface area contributed by atoms with Crippen molar-refractivity contribution in [1.82, 2.24) is 0 Å². The van der Waals surface area contributed by atoms with Crippen LogP contribution in [0.4, 0.5) is 4.39 Å². The zero-order chi connectivity index (χ0) is 13.1. The second kappa shape index (κ2) is 6.03. The van der Waals surface area contributed by atoms with Gasteiger partial charge in [-0.2, -0.15) is 0 Å². The molecule has 0 heterocycles. The molecular formula is C15H21ClFN. The number of rotatable bonds is 6. The third-order valence-electron chi connectivity index (χ3n) is 3.77. The van der Waals surface area contributed by atoms with E-state index in [1.165, 1.54) is 12.8 Å². The van der Waals surface area contributed by atoms with Crippen LogP contribution >= 0.6 is 11.6 Å². The normalized spacial score (nSPS) is 16.9. The molecule has 1 aromatic rings. The molecule has 100 valence electrons. The molecule has 0 spiro atoms. The summed E-state index contributed by atoms with van der Waals surface area (Å²) in [5.74, 6) is 0.491. The monoisotopic (exact) mass is 269 g/mol. The smallest absolute Gasteiger partial charge is 0.144 e. The Morgan fingerprint density at radius 1 is 1.44 bits per heavy atom. The number of nitrogens with two attached hydrogens (primary N) is 1. The number of hydrogen-bond donors (Lipinski definition) is 1. The zero-order valence-electron chi connectivity index (χ0n) is 10.9. The molecule has 1 atom stereocenters. The van der Waals surface area contributed by atoms with Gasteiger partial charge in [0.2, 0.25) is 0 Å². The van der Waals surface area contributed by atoms with E-state index in [2.05, 4.69) is 0 Å². The van der Waals surface area contributed by atoms with Crippen molar-refractivity contribution in [2.45, 2.75) is 51.5 Å². The summed E-state index contributed by atoms with van der Waals surface area (Å²) in [4.78, 5) is 0. The Hall–Kier alpha value is -0.600. The molecule has 0 aliphatic heterocycles. The minimum atomic E-state index is -0.266. The summed E-state index contributed by atoms with van der Waals surface area (Å²) in [5.41, 5.74) is 7.91. The third-order valence-corrected chi connectivity index (χ3v) is 4.05. The molecule has 1 aliphatic carbocycles. The van der Waals surface area contributed by atoms with Crippen LogP contribution < -0.4 is 5.73 Å². The minimum absolute atomic E-state index is 0.246. The van der Waals surface area contributed by atoms with Crippen molar-refractivity contribution in [3.05, 3.63) is 34.1 Å². The first kappa shape index (κ1) is 13.8. The van der Waals surface area contributed by atoms with Crippen molar-refractivity contribution in [3.63, 3.8) is 0 Å². The number of aryl methyl sites for hydroxylation is 2. The molecule has 1 nitrogen and oxygen atoms in total. The average Bonchev–Trinajstić information content (AvgIpc) is 3.17. The first-order chi connectivity index (χ1) is 8.61. The van der Waals surface area contributed by atoms with E-state index in [0.717, 1.165) is 30.7 Å². The molecule has 0 amide bonds. The standard InChI is InChI=1S/C15H21ClFN/c1-2-11-8-10(9-13(16)15(11)17)4-3-5-14(18)12-6-7-12/h8-9,12,14H,2-7,18H2,1H3/t14-/m1/s1. The van der Waals surface area contributed by atoms with Gasteiger partial charge in [-0.25, -0.2) is 4.39 Å². The van der Waals surface area contributed by atoms with Gasteiger partial charge in [-0.05, 0) is 61.6 Å². The predicted molar refractivity (Wildman–Crippen MR) is 74.4 cm³/mol. The fraction of sp³-hybridized carbons (Fsp3) is 0.600. The van der Waals surface area contributed by atoms with Gasteiger partial charge in [0.1, 0.15) is 5.82 Å². The Bertz CT molecular complexity index is 415. The molecule has 1 saturated carbocycles. The topological polar surface area (TPSA) is 26.0 Å². The Labute approximate surface area is 114 Å². The van der Waals surface area contributed by atoms with Crippen LogP contribution in [0.5, 0.6) is 0 Å². The molecule has 1 fully saturated rings. The molecule has 18 heavy (non-hydrogen) atoms. The van der Waals surface area contributed by atoms with Crippen LogP contribution in [0.2, 0.25) is 5.02 Å². The lowest BCUT2D eigenvalue weighted by Crippen LogP contribution is -2.22. The molecule has 0 saturated heterocycles. The van der Waals surface area contributed by atoms with E-state index < -0.39 is 0 Å². The largest absolute Gasteiger partial charge is 0.327 e. The van der Waals surface area contributed by atoms with E-state index in [9.17, 15) is 4.39 Å². The highest BCUT2D eigenvalue weighted by Crippen LogP contribution is 2.33. The fourth-order valence-corrected chi connectivity index (χ4v) is 2.67. The quantitative estimate of drug-likeness (QED) is 0.827. The van der Waals surface area contributed by atoms with E-state index in [-0.39, 0.29) is 10.8 Å². The first-order valence-electron chi connectivity index (χ1n) is 6.84. The molecule has 1 aliphatic rings. The highest BCUT2D eigenvalue weighted by atomic mass is 35.5. The molecule has 0 aromatic heterocycles. The van der Waals surface area contributed by atoms with E-state index in [1.807, 2.05) is 13.0 Å². The highest BCUT2D eigenvalue weighted by Gasteiger charge is 2.27. The van der Waals surface area contributed by atoms with Crippen LogP contribution in [0.15, 0.2) is 12.1 Å². The Morgan fingerprint density at radius 2 is 2.17 bits per heavy atom. The third kappa shape index (κ3) is 3.46. The summed E-state index contributed by atoms with van der Waals surface area (Å²) >= 11 is 5.90. The molecule has 0 radical (unpaired) electrons. The first-order valence-corrected chi connectivity index (χ1v) is 7.22. The van der Waals surface area contributed by atoms with Crippen molar-refractivity contribution < 1.29 is 4.39 Å². The van der Waals surface area contributed by atoms with Gasteiger partial charge in [0.25, 0.3) is 0 Å². The van der Waals surface area contributed by atoms with E-state index in [0.29, 0.717) is 18.0 Å². The van der Waals surface area contributed by atoms with Crippen molar-refractivity contribution in [1.29, 1.82) is 0 Å². The summed E-state index contributed by atoms with van der Waals surface area (Å²) in [6.45, 7) is 1.95. The maximum atomic E-state index is 13.6. The minimum Gasteiger partial charge on any atom is -0.327 e. The summed E-state index contributed by atoms with van der Waals surface area (Å²) in [6, 6.07) is 4.04. The lowest BCUT2D eigenvalue weighted by molar-refractivity contribution is 0.528. The van der Waals surface area contributed by atoms with E-state index in [4.69, 9.17) is 17.3 Å². The average molecular weight is 270 g/mol. The van der Waals surface area contributed by atoms with Crippen LogP contribution in [0.25, 0.3) is 0 Å². The van der Waals surface area contributed by atoms with Gasteiger partial charge in [-0.3, -0.25) is 0 Å². The van der Waals surface area contributed by atoms with Gasteiger partial charge in [0, 0.05) is 6.04 Å². The van der Waals surface area contributed by atoms with E-state index >= 15 is 0 Å². The highest BCUT2D eigenvalue weighted by molar-refractivity contribution is 6.30. The SMILES string of the molecule is CCc1cc(CCC[C@@H](N)C2CC2)cc(Cl)c1F. The predicted octanol–water partition coefficient (Wildman–Crippen LogP) is 4.10. The van der Waals surface area contributed by atoms with Gasteiger partial charge in [0.15, 0.2) is 0 Å². The zero-order valence-corrected chi connectivity index (χ0v) is 11.6. The number of hydrogen-bond acceptors (Lipinski definition) is 1. The molecule has 0 unspecified atom stereocenters. The van der Waals surface area contributed by atoms with Crippen LogP contribution in [0.1, 0.15) is 43.7 Å². The number of halogens is 2. The Balaban J connectivity index is 1.90.